The van der Waals surface area contributed by atoms with Crippen LogP contribution in [0.3, 0.4) is 0 Å². The molecule has 2 aromatic heterocycles. The van der Waals surface area contributed by atoms with Gasteiger partial charge in [-0.25, -0.2) is 9.97 Å². The second kappa shape index (κ2) is 7.65. The highest BCUT2D eigenvalue weighted by Crippen LogP contribution is 2.37. The minimum Gasteiger partial charge on any atom is -0.479 e. The van der Waals surface area contributed by atoms with Crippen LogP contribution < -0.4 is 4.74 Å². The molecule has 8 heteroatoms. The summed E-state index contributed by atoms with van der Waals surface area (Å²) in [6, 6.07) is 11.9. The summed E-state index contributed by atoms with van der Waals surface area (Å²) in [5, 5.41) is 5.19. The van der Waals surface area contributed by atoms with Crippen molar-refractivity contribution in [1.82, 2.24) is 19.4 Å². The molecule has 2 aliphatic heterocycles. The van der Waals surface area contributed by atoms with Gasteiger partial charge in [0.05, 0.1) is 25.2 Å². The number of rotatable bonds is 4. The van der Waals surface area contributed by atoms with Crippen molar-refractivity contribution in [1.29, 1.82) is 0 Å². The first-order valence-electron chi connectivity index (χ1n) is 9.96. The predicted molar refractivity (Wildman–Crippen MR) is 114 cm³/mol. The van der Waals surface area contributed by atoms with Crippen molar-refractivity contribution in [3.8, 4) is 11.6 Å². The molecule has 7 nitrogen and oxygen atoms in total. The Hall–Kier alpha value is -3.06. The highest BCUT2D eigenvalue weighted by molar-refractivity contribution is 6.30. The average molecular weight is 424 g/mol. The molecule has 0 unspecified atom stereocenters. The number of imidazole rings is 1. The lowest BCUT2D eigenvalue weighted by Crippen LogP contribution is -2.44. The number of pyridine rings is 1. The van der Waals surface area contributed by atoms with Crippen LogP contribution >= 0.6 is 11.6 Å². The topological polar surface area (TPSA) is 64.8 Å². The van der Waals surface area contributed by atoms with Crippen LogP contribution in [0, 0.1) is 6.92 Å². The first-order chi connectivity index (χ1) is 14.6. The Bertz CT molecular complexity index is 1100. The molecule has 0 aliphatic carbocycles. The maximum Gasteiger partial charge on any atom is 0.238 e. The zero-order chi connectivity index (χ0) is 20.7. The van der Waals surface area contributed by atoms with Gasteiger partial charge in [-0.3, -0.25) is 0 Å². The van der Waals surface area contributed by atoms with Gasteiger partial charge in [-0.15, -0.1) is 0 Å². The number of methoxy groups -OCH3 is 1. The molecule has 154 valence electrons. The first-order valence-corrected chi connectivity index (χ1v) is 10.3. The molecule has 0 amide bonds. The number of nitrogens with zero attached hydrogens (tertiary/aromatic N) is 5. The summed E-state index contributed by atoms with van der Waals surface area (Å²) in [5.41, 5.74) is 3.57. The van der Waals surface area contributed by atoms with E-state index >= 15 is 0 Å². The fourth-order valence-corrected chi connectivity index (χ4v) is 4.31. The predicted octanol–water partition coefficient (Wildman–Crippen LogP) is 4.14. The zero-order valence-corrected chi connectivity index (χ0v) is 17.6. The van der Waals surface area contributed by atoms with Gasteiger partial charge >= 0.3 is 0 Å². The maximum atomic E-state index is 6.05. The average Bonchev–Trinajstić information content (AvgIpc) is 3.42. The Labute approximate surface area is 179 Å². The van der Waals surface area contributed by atoms with Crippen LogP contribution in [-0.2, 0) is 4.84 Å². The van der Waals surface area contributed by atoms with Crippen molar-refractivity contribution >= 4 is 17.4 Å². The number of ether oxygens (including phenoxy) is 1. The molecule has 2 atom stereocenters. The van der Waals surface area contributed by atoms with Crippen molar-refractivity contribution in [3.63, 3.8) is 0 Å². The number of hydrogen-bond acceptors (Lipinski definition) is 6. The lowest BCUT2D eigenvalue weighted by molar-refractivity contribution is -0.00748. The van der Waals surface area contributed by atoms with Crippen LogP contribution in [0.25, 0.3) is 5.69 Å². The number of amidine groups is 1. The van der Waals surface area contributed by atoms with Gasteiger partial charge in [0.25, 0.3) is 0 Å². The van der Waals surface area contributed by atoms with Gasteiger partial charge in [0, 0.05) is 17.8 Å². The minimum atomic E-state index is -0.122. The summed E-state index contributed by atoms with van der Waals surface area (Å²) in [4.78, 5) is 17.3. The third-order valence-electron chi connectivity index (χ3n) is 5.62. The molecular formula is C22H22ClN5O2. The van der Waals surface area contributed by atoms with E-state index in [1.807, 2.05) is 54.1 Å². The Morgan fingerprint density at radius 1 is 1.17 bits per heavy atom. The summed E-state index contributed by atoms with van der Waals surface area (Å²) in [7, 11) is 1.62. The van der Waals surface area contributed by atoms with E-state index in [1.165, 1.54) is 0 Å². The van der Waals surface area contributed by atoms with Crippen molar-refractivity contribution in [3.05, 3.63) is 70.9 Å². The molecule has 0 saturated carbocycles. The standard InChI is InChI=1S/C22H22ClN5O2/c1-14-12-27(13-24-14)19-10-9-17(25-22(19)29-2)21-26-30-20(18-4-3-11-28(18)21)15-5-7-16(23)8-6-15/h5-10,12-13,18,20H,3-4,11H2,1-2H3/t18-,20+/m0/s1. The lowest BCUT2D eigenvalue weighted by Gasteiger charge is -2.36. The molecule has 3 aromatic rings. The van der Waals surface area contributed by atoms with Crippen molar-refractivity contribution in [2.45, 2.75) is 31.9 Å². The monoisotopic (exact) mass is 423 g/mol. The molecule has 1 fully saturated rings. The van der Waals surface area contributed by atoms with Gasteiger partial charge in [0.1, 0.15) is 11.4 Å². The minimum absolute atomic E-state index is 0.122. The summed E-state index contributed by atoms with van der Waals surface area (Å²) in [6.07, 6.45) is 5.69. The van der Waals surface area contributed by atoms with E-state index in [9.17, 15) is 0 Å². The van der Waals surface area contributed by atoms with Crippen molar-refractivity contribution in [2.75, 3.05) is 13.7 Å². The van der Waals surface area contributed by atoms with E-state index in [4.69, 9.17) is 26.2 Å². The van der Waals surface area contributed by atoms with Gasteiger partial charge in [0.2, 0.25) is 5.88 Å². The van der Waals surface area contributed by atoms with E-state index < -0.39 is 0 Å². The third kappa shape index (κ3) is 3.29. The molecule has 0 radical (unpaired) electrons. The number of aryl methyl sites for hydroxylation is 1. The maximum absolute atomic E-state index is 6.05. The Balaban J connectivity index is 1.49. The fraction of sp³-hybridized carbons (Fsp3) is 0.318. The number of oxime groups is 1. The van der Waals surface area contributed by atoms with Gasteiger partial charge < -0.3 is 19.0 Å². The smallest absolute Gasteiger partial charge is 0.238 e. The van der Waals surface area contributed by atoms with Crippen LogP contribution in [-0.4, -0.2) is 45.0 Å². The Morgan fingerprint density at radius 3 is 2.73 bits per heavy atom. The van der Waals surface area contributed by atoms with Crippen LogP contribution in [0.15, 0.2) is 54.1 Å². The Morgan fingerprint density at radius 2 is 2.00 bits per heavy atom. The van der Waals surface area contributed by atoms with Gasteiger partial charge in [-0.05, 0) is 49.6 Å². The highest BCUT2D eigenvalue weighted by Gasteiger charge is 2.40. The zero-order valence-electron chi connectivity index (χ0n) is 16.8. The van der Waals surface area contributed by atoms with Crippen LogP contribution in [0.5, 0.6) is 5.88 Å². The number of aromatic nitrogens is 3. The third-order valence-corrected chi connectivity index (χ3v) is 5.88. The number of fused-ring (bicyclic) bond motifs is 1. The largest absolute Gasteiger partial charge is 0.479 e. The van der Waals surface area contributed by atoms with Gasteiger partial charge in [-0.2, -0.15) is 0 Å². The summed E-state index contributed by atoms with van der Waals surface area (Å²) >= 11 is 6.05. The number of halogens is 1. The molecule has 5 rings (SSSR count). The molecule has 0 spiro atoms. The van der Waals surface area contributed by atoms with E-state index in [2.05, 4.69) is 15.0 Å². The lowest BCUT2D eigenvalue weighted by atomic mass is 9.99. The first kappa shape index (κ1) is 18.9. The van der Waals surface area contributed by atoms with Crippen LogP contribution in [0.4, 0.5) is 0 Å². The molecule has 1 saturated heterocycles. The van der Waals surface area contributed by atoms with Crippen LogP contribution in [0.2, 0.25) is 5.02 Å². The second-order valence-corrected chi connectivity index (χ2v) is 7.98. The van der Waals surface area contributed by atoms with Gasteiger partial charge in [-0.1, -0.05) is 28.9 Å². The normalized spacial score (nSPS) is 20.5. The molecule has 30 heavy (non-hydrogen) atoms. The Kier molecular flexibility index (Phi) is 4.83. The van der Waals surface area contributed by atoms with Crippen molar-refractivity contribution in [2.24, 2.45) is 5.16 Å². The molecular weight excluding hydrogens is 402 g/mol. The van der Waals surface area contributed by atoms with E-state index in [0.29, 0.717) is 10.9 Å². The number of hydrogen-bond donors (Lipinski definition) is 0. The molecule has 2 aliphatic rings. The molecule has 4 heterocycles. The van der Waals surface area contributed by atoms with E-state index in [-0.39, 0.29) is 12.1 Å². The van der Waals surface area contributed by atoms with E-state index in [0.717, 1.165) is 47.9 Å². The molecule has 1 aromatic carbocycles. The summed E-state index contributed by atoms with van der Waals surface area (Å²) in [5.74, 6) is 1.26. The second-order valence-electron chi connectivity index (χ2n) is 7.54. The van der Waals surface area contributed by atoms with Crippen molar-refractivity contribution < 1.29 is 9.57 Å². The SMILES string of the molecule is COc1nc(C2=NO[C@H](c3ccc(Cl)cc3)[C@@H]3CCCN23)ccc1-n1cnc(C)c1. The van der Waals surface area contributed by atoms with Gasteiger partial charge in [0.15, 0.2) is 11.9 Å². The quantitative estimate of drug-likeness (QED) is 0.631. The molecule has 0 N–H and O–H groups in total. The highest BCUT2D eigenvalue weighted by atomic mass is 35.5. The summed E-state index contributed by atoms with van der Waals surface area (Å²) < 4.78 is 7.47. The van der Waals surface area contributed by atoms with Crippen LogP contribution in [0.1, 0.15) is 35.9 Å². The number of benzene rings is 1. The van der Waals surface area contributed by atoms with E-state index in [1.54, 1.807) is 13.4 Å². The summed E-state index contributed by atoms with van der Waals surface area (Å²) in [6.45, 7) is 2.87. The fourth-order valence-electron chi connectivity index (χ4n) is 4.19. The molecule has 0 bridgehead atoms.